The Bertz CT molecular complexity index is 970. The average Bonchev–Trinajstić information content (AvgIpc) is 3.47. The fourth-order valence-electron chi connectivity index (χ4n) is 6.22. The van der Waals surface area contributed by atoms with Crippen molar-refractivity contribution >= 4 is 29.5 Å². The number of ether oxygens (including phenoxy) is 1. The SMILES string of the molecule is C=CCN(Cc1ccccc1)C(=O)C1N([C@@H](CO)C(C)C)C(=O)[C@@H]2[C@H](C(=O)OCC)[C@@H]3CCC12S3. The summed E-state index contributed by atoms with van der Waals surface area (Å²) < 4.78 is 4.68. The maximum atomic E-state index is 14.3. The maximum Gasteiger partial charge on any atom is 0.310 e. The van der Waals surface area contributed by atoms with E-state index in [1.165, 1.54) is 0 Å². The normalized spacial score (nSPS) is 29.9. The van der Waals surface area contributed by atoms with Crippen molar-refractivity contribution in [2.45, 2.75) is 62.2 Å². The number of esters is 1. The van der Waals surface area contributed by atoms with Crippen molar-refractivity contribution < 1.29 is 24.2 Å². The van der Waals surface area contributed by atoms with Gasteiger partial charge >= 0.3 is 5.97 Å². The minimum absolute atomic E-state index is 0.0333. The second kappa shape index (κ2) is 10.3. The van der Waals surface area contributed by atoms with Crippen molar-refractivity contribution in [3.63, 3.8) is 0 Å². The minimum Gasteiger partial charge on any atom is -0.466 e. The summed E-state index contributed by atoms with van der Waals surface area (Å²) >= 11 is 1.62. The lowest BCUT2D eigenvalue weighted by atomic mass is 9.71. The van der Waals surface area contributed by atoms with E-state index in [0.717, 1.165) is 12.0 Å². The molecule has 2 amide bonds. The van der Waals surface area contributed by atoms with E-state index in [2.05, 4.69) is 6.58 Å². The van der Waals surface area contributed by atoms with Gasteiger partial charge in [-0.1, -0.05) is 50.3 Å². The smallest absolute Gasteiger partial charge is 0.310 e. The number of aliphatic hydroxyl groups is 1. The highest BCUT2D eigenvalue weighted by Crippen LogP contribution is 2.67. The molecule has 3 aliphatic heterocycles. The van der Waals surface area contributed by atoms with Gasteiger partial charge in [-0.3, -0.25) is 14.4 Å². The summed E-state index contributed by atoms with van der Waals surface area (Å²) in [5, 5.41) is 10.3. The lowest BCUT2D eigenvalue weighted by Crippen LogP contribution is -2.58. The zero-order chi connectivity index (χ0) is 25.3. The van der Waals surface area contributed by atoms with E-state index in [-0.39, 0.29) is 42.2 Å². The molecule has 1 aromatic rings. The van der Waals surface area contributed by atoms with Crippen molar-refractivity contribution in [1.29, 1.82) is 0 Å². The Labute approximate surface area is 211 Å². The third-order valence-corrected chi connectivity index (χ3v) is 9.67. The number of hydrogen-bond acceptors (Lipinski definition) is 6. The van der Waals surface area contributed by atoms with Gasteiger partial charge in [-0.2, -0.15) is 0 Å². The Kier molecular flexibility index (Phi) is 7.62. The van der Waals surface area contributed by atoms with Gasteiger partial charge in [-0.15, -0.1) is 18.3 Å². The Morgan fingerprint density at radius 1 is 1.34 bits per heavy atom. The molecule has 0 aliphatic carbocycles. The van der Waals surface area contributed by atoms with Crippen LogP contribution >= 0.6 is 11.8 Å². The molecule has 0 aromatic heterocycles. The van der Waals surface area contributed by atoms with E-state index in [1.54, 1.807) is 34.6 Å². The summed E-state index contributed by atoms with van der Waals surface area (Å²) in [6, 6.07) is 8.48. The summed E-state index contributed by atoms with van der Waals surface area (Å²) in [6.07, 6.45) is 3.15. The number of benzene rings is 1. The molecule has 0 radical (unpaired) electrons. The molecule has 0 saturated carbocycles. The Hall–Kier alpha value is -2.32. The molecule has 2 unspecified atom stereocenters. The number of carbonyl (C=O) groups is 3. The molecule has 3 saturated heterocycles. The van der Waals surface area contributed by atoms with Crippen molar-refractivity contribution in [1.82, 2.24) is 9.80 Å². The van der Waals surface area contributed by atoms with Gasteiger partial charge in [-0.25, -0.2) is 0 Å². The number of amides is 2. The van der Waals surface area contributed by atoms with Gasteiger partial charge in [0.1, 0.15) is 6.04 Å². The van der Waals surface area contributed by atoms with Gasteiger partial charge in [0, 0.05) is 18.3 Å². The van der Waals surface area contributed by atoms with E-state index in [9.17, 15) is 19.5 Å². The van der Waals surface area contributed by atoms with Crippen LogP contribution in [0.2, 0.25) is 0 Å². The van der Waals surface area contributed by atoms with Crippen LogP contribution < -0.4 is 0 Å². The fraction of sp³-hybridized carbons (Fsp3) is 0.593. The molecule has 1 aromatic carbocycles. The van der Waals surface area contributed by atoms with E-state index >= 15 is 0 Å². The number of hydrogen-bond donors (Lipinski definition) is 1. The largest absolute Gasteiger partial charge is 0.466 e. The molecule has 7 nitrogen and oxygen atoms in total. The van der Waals surface area contributed by atoms with Gasteiger partial charge < -0.3 is 19.6 Å². The van der Waals surface area contributed by atoms with E-state index in [0.29, 0.717) is 19.5 Å². The zero-order valence-electron chi connectivity index (χ0n) is 20.8. The number of thioether (sulfide) groups is 1. The molecule has 4 rings (SSSR count). The van der Waals surface area contributed by atoms with Crippen LogP contribution in [-0.4, -0.2) is 74.5 Å². The number of likely N-dealkylation sites (tertiary alicyclic amines) is 1. The van der Waals surface area contributed by atoms with Crippen molar-refractivity contribution in [3.05, 3.63) is 48.6 Å². The molecule has 8 heteroatoms. The second-order valence-corrected chi connectivity index (χ2v) is 11.6. The predicted molar refractivity (Wildman–Crippen MR) is 135 cm³/mol. The number of rotatable bonds is 10. The molecule has 1 N–H and O–H groups in total. The van der Waals surface area contributed by atoms with Crippen LogP contribution in [0, 0.1) is 17.8 Å². The Morgan fingerprint density at radius 3 is 2.66 bits per heavy atom. The molecular formula is C27H36N2O5S. The first-order valence-corrected chi connectivity index (χ1v) is 13.4. The molecular weight excluding hydrogens is 464 g/mol. The van der Waals surface area contributed by atoms with Crippen LogP contribution in [0.25, 0.3) is 0 Å². The molecule has 3 heterocycles. The van der Waals surface area contributed by atoms with E-state index in [4.69, 9.17) is 4.74 Å². The third kappa shape index (κ3) is 4.29. The topological polar surface area (TPSA) is 87.2 Å². The van der Waals surface area contributed by atoms with Crippen LogP contribution in [0.5, 0.6) is 0 Å². The molecule has 1 spiro atoms. The molecule has 35 heavy (non-hydrogen) atoms. The first kappa shape index (κ1) is 25.8. The minimum atomic E-state index is -0.752. The summed E-state index contributed by atoms with van der Waals surface area (Å²) in [6.45, 7) is 10.3. The zero-order valence-corrected chi connectivity index (χ0v) is 21.6. The highest BCUT2D eigenvalue weighted by Gasteiger charge is 2.74. The lowest BCUT2D eigenvalue weighted by Gasteiger charge is -2.40. The monoisotopic (exact) mass is 500 g/mol. The van der Waals surface area contributed by atoms with E-state index in [1.807, 2.05) is 44.2 Å². The molecule has 3 fully saturated rings. The van der Waals surface area contributed by atoms with Crippen LogP contribution in [0.4, 0.5) is 0 Å². The van der Waals surface area contributed by atoms with Gasteiger partial charge in [-0.05, 0) is 31.2 Å². The highest BCUT2D eigenvalue weighted by atomic mass is 32.2. The van der Waals surface area contributed by atoms with Crippen molar-refractivity contribution in [2.24, 2.45) is 17.8 Å². The summed E-state index contributed by atoms with van der Waals surface area (Å²) in [5.74, 6) is -1.94. The number of nitrogens with zero attached hydrogens (tertiary/aromatic N) is 2. The standard InChI is InChI=1S/C27H36N2O5S/c1-5-14-28(15-18-10-8-7-9-11-18)25(32)23-27-13-12-20(35-27)21(26(33)34-6-2)22(27)24(31)29(23)19(16-30)17(3)4/h5,7-11,17,19-23,30H,1,6,12-16H2,2-4H3/t19-,20-,21+,22-,23?,27?/m0/s1. The van der Waals surface area contributed by atoms with Crippen molar-refractivity contribution in [2.75, 3.05) is 19.8 Å². The van der Waals surface area contributed by atoms with E-state index < -0.39 is 28.7 Å². The second-order valence-electron chi connectivity index (χ2n) is 10.0. The number of carbonyl (C=O) groups excluding carboxylic acids is 3. The van der Waals surface area contributed by atoms with Gasteiger partial charge in [0.15, 0.2) is 0 Å². The third-order valence-electron chi connectivity index (χ3n) is 7.72. The van der Waals surface area contributed by atoms with Gasteiger partial charge in [0.25, 0.3) is 0 Å². The number of fused-ring (bicyclic) bond motifs is 1. The van der Waals surface area contributed by atoms with Gasteiger partial charge in [0.05, 0.1) is 35.8 Å². The average molecular weight is 501 g/mol. The van der Waals surface area contributed by atoms with Crippen LogP contribution in [0.3, 0.4) is 0 Å². The predicted octanol–water partition coefficient (Wildman–Crippen LogP) is 2.87. The Morgan fingerprint density at radius 2 is 2.06 bits per heavy atom. The maximum absolute atomic E-state index is 14.3. The summed E-state index contributed by atoms with van der Waals surface area (Å²) in [5.41, 5.74) is 0.989. The van der Waals surface area contributed by atoms with Gasteiger partial charge in [0.2, 0.25) is 11.8 Å². The molecule has 2 bridgehead atoms. The summed E-state index contributed by atoms with van der Waals surface area (Å²) in [4.78, 5) is 44.7. The number of aliphatic hydroxyl groups excluding tert-OH is 1. The summed E-state index contributed by atoms with van der Waals surface area (Å²) in [7, 11) is 0. The first-order chi connectivity index (χ1) is 16.8. The fourth-order valence-corrected chi connectivity index (χ4v) is 8.41. The molecule has 6 atom stereocenters. The van der Waals surface area contributed by atoms with Crippen LogP contribution in [0.1, 0.15) is 39.2 Å². The van der Waals surface area contributed by atoms with Crippen LogP contribution in [0.15, 0.2) is 43.0 Å². The quantitative estimate of drug-likeness (QED) is 0.393. The van der Waals surface area contributed by atoms with Crippen LogP contribution in [-0.2, 0) is 25.7 Å². The lowest BCUT2D eigenvalue weighted by molar-refractivity contribution is -0.154. The molecule has 190 valence electrons. The Balaban J connectivity index is 1.77. The molecule has 3 aliphatic rings. The van der Waals surface area contributed by atoms with Crippen molar-refractivity contribution in [3.8, 4) is 0 Å². The first-order valence-electron chi connectivity index (χ1n) is 12.5. The highest BCUT2D eigenvalue weighted by molar-refractivity contribution is 8.02.